The van der Waals surface area contributed by atoms with E-state index >= 15 is 0 Å². The average molecular weight is 269 g/mol. The van der Waals surface area contributed by atoms with E-state index in [1.165, 1.54) is 20.0 Å². The first-order valence-corrected chi connectivity index (χ1v) is 5.88. The number of hydrogen-bond donors (Lipinski definition) is 0. The van der Waals surface area contributed by atoms with Crippen LogP contribution in [-0.2, 0) is 14.3 Å². The van der Waals surface area contributed by atoms with E-state index in [4.69, 9.17) is 21.8 Å². The summed E-state index contributed by atoms with van der Waals surface area (Å²) in [6, 6.07) is 5.00. The Morgan fingerprint density at radius 3 is 2.56 bits per heavy atom. The monoisotopic (exact) mass is 269 g/mol. The number of rotatable bonds is 4. The fourth-order valence-electron chi connectivity index (χ4n) is 1.09. The van der Waals surface area contributed by atoms with Crippen molar-refractivity contribution < 1.29 is 19.2 Å². The first kappa shape index (κ1) is 14.4. The predicted molar refractivity (Wildman–Crippen MR) is 67.3 cm³/mol. The Morgan fingerprint density at radius 1 is 1.33 bits per heavy atom. The number of ether oxygens (including phenoxy) is 1. The van der Waals surface area contributed by atoms with Crippen LogP contribution in [0.25, 0.3) is 0 Å². The predicted octanol–water partition coefficient (Wildman–Crippen LogP) is 1.76. The molecule has 98 valence electrons. The minimum atomic E-state index is -1.37. The van der Waals surface area contributed by atoms with Crippen molar-refractivity contribution in [2.24, 2.45) is 5.41 Å². The summed E-state index contributed by atoms with van der Waals surface area (Å²) in [6.45, 7) is 4.77. The zero-order valence-electron chi connectivity index (χ0n) is 10.5. The Morgan fingerprint density at radius 2 is 2.00 bits per heavy atom. The summed E-state index contributed by atoms with van der Waals surface area (Å²) in [5.74, 6) is -1.35. The highest BCUT2D eigenvalue weighted by atomic mass is 32.1. The minimum absolute atomic E-state index is 0.209. The normalized spacial score (nSPS) is 10.8. The summed E-state index contributed by atoms with van der Waals surface area (Å²) in [7, 11) is 0. The summed E-state index contributed by atoms with van der Waals surface area (Å²) >= 11 is 4.98. The molecule has 0 spiro atoms. The third kappa shape index (κ3) is 3.16. The molecule has 0 bridgehead atoms. The Bertz CT molecular complexity index is 507. The van der Waals surface area contributed by atoms with Crippen molar-refractivity contribution in [3.8, 4) is 0 Å². The van der Waals surface area contributed by atoms with Crippen LogP contribution in [0.3, 0.4) is 0 Å². The lowest BCUT2D eigenvalue weighted by atomic mass is 9.94. The lowest BCUT2D eigenvalue weighted by Crippen LogP contribution is -2.41. The van der Waals surface area contributed by atoms with Crippen molar-refractivity contribution in [2.75, 3.05) is 6.61 Å². The van der Waals surface area contributed by atoms with Gasteiger partial charge in [0, 0.05) is 6.20 Å². The Labute approximate surface area is 110 Å². The zero-order chi connectivity index (χ0) is 13.8. The van der Waals surface area contributed by atoms with Gasteiger partial charge in [0.2, 0.25) is 0 Å². The minimum Gasteiger partial charge on any atom is -0.465 e. The first-order chi connectivity index (χ1) is 8.39. The number of pyridine rings is 1. The van der Waals surface area contributed by atoms with Crippen LogP contribution < -0.4 is 4.84 Å². The number of nitrogens with zero attached hydrogens (tertiary/aromatic N) is 1. The van der Waals surface area contributed by atoms with Crippen molar-refractivity contribution in [3.05, 3.63) is 29.0 Å². The fraction of sp³-hybridized carbons (Fsp3) is 0.417. The van der Waals surface area contributed by atoms with Crippen LogP contribution in [0.1, 0.15) is 20.8 Å². The van der Waals surface area contributed by atoms with Crippen LogP contribution in [0.5, 0.6) is 0 Å². The van der Waals surface area contributed by atoms with Crippen molar-refractivity contribution in [2.45, 2.75) is 20.8 Å². The summed E-state index contributed by atoms with van der Waals surface area (Å²) in [4.78, 5) is 28.6. The van der Waals surface area contributed by atoms with Gasteiger partial charge in [0.25, 0.3) is 0 Å². The van der Waals surface area contributed by atoms with Gasteiger partial charge in [0.1, 0.15) is 4.64 Å². The lowest BCUT2D eigenvalue weighted by molar-refractivity contribution is -0.169. The van der Waals surface area contributed by atoms with E-state index < -0.39 is 17.4 Å². The van der Waals surface area contributed by atoms with Crippen molar-refractivity contribution in [3.63, 3.8) is 0 Å². The molecule has 0 aliphatic carbocycles. The van der Waals surface area contributed by atoms with Gasteiger partial charge in [-0.1, -0.05) is 18.3 Å². The molecule has 0 fully saturated rings. The quantitative estimate of drug-likeness (QED) is 0.473. The molecule has 18 heavy (non-hydrogen) atoms. The Balaban J connectivity index is 2.86. The van der Waals surface area contributed by atoms with E-state index in [1.54, 1.807) is 25.1 Å². The van der Waals surface area contributed by atoms with Gasteiger partial charge in [0.15, 0.2) is 5.41 Å². The molecule has 0 aliphatic rings. The fourth-order valence-corrected chi connectivity index (χ4v) is 1.26. The molecule has 6 heteroatoms. The standard InChI is InChI=1S/C12H15NO4S/c1-4-16-10(14)12(2,3)11(15)17-13-8-6-5-7-9(13)18/h5-8H,4H2,1-3H3. The van der Waals surface area contributed by atoms with Crippen molar-refractivity contribution in [1.29, 1.82) is 0 Å². The summed E-state index contributed by atoms with van der Waals surface area (Å²) in [6.07, 6.45) is 1.50. The van der Waals surface area contributed by atoms with E-state index in [0.717, 1.165) is 4.73 Å². The highest BCUT2D eigenvalue weighted by Crippen LogP contribution is 2.18. The van der Waals surface area contributed by atoms with Gasteiger partial charge < -0.3 is 9.57 Å². The molecule has 1 heterocycles. The van der Waals surface area contributed by atoms with Gasteiger partial charge >= 0.3 is 11.9 Å². The van der Waals surface area contributed by atoms with Crippen LogP contribution in [0.2, 0.25) is 0 Å². The van der Waals surface area contributed by atoms with Crippen LogP contribution in [0.15, 0.2) is 24.4 Å². The molecule has 0 unspecified atom stereocenters. The van der Waals surface area contributed by atoms with Crippen LogP contribution in [0, 0.1) is 10.1 Å². The van der Waals surface area contributed by atoms with Crippen molar-refractivity contribution in [1.82, 2.24) is 4.73 Å². The Hall–Kier alpha value is -1.69. The van der Waals surface area contributed by atoms with Crippen LogP contribution in [0.4, 0.5) is 0 Å². The highest BCUT2D eigenvalue weighted by molar-refractivity contribution is 7.71. The average Bonchev–Trinajstić information content (AvgIpc) is 2.32. The topological polar surface area (TPSA) is 57.5 Å². The van der Waals surface area contributed by atoms with E-state index in [2.05, 4.69) is 0 Å². The maximum Gasteiger partial charge on any atom is 0.349 e. The molecule has 0 atom stereocenters. The second-order valence-electron chi connectivity index (χ2n) is 4.09. The van der Waals surface area contributed by atoms with Crippen molar-refractivity contribution >= 4 is 24.2 Å². The number of esters is 1. The molecule has 0 aromatic carbocycles. The van der Waals surface area contributed by atoms with Gasteiger partial charge in [-0.2, -0.15) is 4.73 Å². The van der Waals surface area contributed by atoms with Crippen LogP contribution >= 0.6 is 12.2 Å². The van der Waals surface area contributed by atoms with E-state index in [-0.39, 0.29) is 6.61 Å². The molecule has 0 saturated heterocycles. The largest absolute Gasteiger partial charge is 0.465 e. The highest BCUT2D eigenvalue weighted by Gasteiger charge is 2.40. The van der Waals surface area contributed by atoms with Gasteiger partial charge in [-0.05, 0) is 32.9 Å². The maximum absolute atomic E-state index is 11.9. The number of aromatic nitrogens is 1. The van der Waals surface area contributed by atoms with Gasteiger partial charge in [0.05, 0.1) is 6.61 Å². The van der Waals surface area contributed by atoms with Gasteiger partial charge in [-0.25, -0.2) is 4.79 Å². The molecule has 1 rings (SSSR count). The van der Waals surface area contributed by atoms with E-state index in [9.17, 15) is 9.59 Å². The zero-order valence-corrected chi connectivity index (χ0v) is 11.3. The molecule has 1 aromatic heterocycles. The second kappa shape index (κ2) is 5.77. The number of carbonyl (C=O) groups excluding carboxylic acids is 2. The molecular formula is C12H15NO4S. The van der Waals surface area contributed by atoms with Gasteiger partial charge in [-0.15, -0.1) is 0 Å². The number of hydrogen-bond acceptors (Lipinski definition) is 5. The summed E-state index contributed by atoms with van der Waals surface area (Å²) in [5.41, 5.74) is -1.37. The smallest absolute Gasteiger partial charge is 0.349 e. The first-order valence-electron chi connectivity index (χ1n) is 5.47. The third-order valence-electron chi connectivity index (χ3n) is 2.27. The van der Waals surface area contributed by atoms with E-state index in [1.807, 2.05) is 0 Å². The third-order valence-corrected chi connectivity index (χ3v) is 2.58. The second-order valence-corrected chi connectivity index (χ2v) is 4.51. The molecule has 0 N–H and O–H groups in total. The molecule has 5 nitrogen and oxygen atoms in total. The van der Waals surface area contributed by atoms with Gasteiger partial charge in [-0.3, -0.25) is 4.79 Å². The molecule has 0 saturated carbocycles. The number of carbonyl (C=O) groups is 2. The summed E-state index contributed by atoms with van der Waals surface area (Å²) < 4.78 is 6.30. The van der Waals surface area contributed by atoms with Crippen LogP contribution in [-0.4, -0.2) is 23.3 Å². The molecule has 0 aliphatic heterocycles. The molecule has 0 radical (unpaired) electrons. The maximum atomic E-state index is 11.9. The Kier molecular flexibility index (Phi) is 4.61. The molecule has 0 amide bonds. The summed E-state index contributed by atoms with van der Waals surface area (Å²) in [5, 5.41) is 0. The molecule has 1 aromatic rings. The molecular weight excluding hydrogens is 254 g/mol. The SMILES string of the molecule is CCOC(=O)C(C)(C)C(=O)On1ccccc1=S. The van der Waals surface area contributed by atoms with E-state index in [0.29, 0.717) is 4.64 Å². The lowest BCUT2D eigenvalue weighted by Gasteiger charge is -2.20.